The number of para-hydroxylation sites is 1. The molecular weight excluding hydrogens is 402 g/mol. The normalized spacial score (nSPS) is 15.1. The highest BCUT2D eigenvalue weighted by Gasteiger charge is 2.34. The highest BCUT2D eigenvalue weighted by Crippen LogP contribution is 2.45. The van der Waals surface area contributed by atoms with Crippen LogP contribution in [0.25, 0.3) is 16.9 Å². The van der Waals surface area contributed by atoms with Crippen molar-refractivity contribution in [1.29, 1.82) is 0 Å². The fourth-order valence-corrected chi connectivity index (χ4v) is 4.27. The number of hydrogen-bond acceptors (Lipinski definition) is 4. The molecule has 160 valence electrons. The van der Waals surface area contributed by atoms with Crippen LogP contribution in [0.1, 0.15) is 23.5 Å². The first-order valence-electron chi connectivity index (χ1n) is 10.4. The van der Waals surface area contributed by atoms with E-state index in [1.807, 2.05) is 83.5 Å². The summed E-state index contributed by atoms with van der Waals surface area (Å²) in [4.78, 5) is 12.8. The van der Waals surface area contributed by atoms with Crippen LogP contribution in [0.3, 0.4) is 0 Å². The first-order valence-corrected chi connectivity index (χ1v) is 10.4. The van der Waals surface area contributed by atoms with Gasteiger partial charge in [-0.2, -0.15) is 5.10 Å². The van der Waals surface area contributed by atoms with Gasteiger partial charge in [0.2, 0.25) is 5.91 Å². The number of methoxy groups -OCH3 is 2. The lowest BCUT2D eigenvalue weighted by Gasteiger charge is -2.25. The van der Waals surface area contributed by atoms with Crippen LogP contribution in [0.15, 0.2) is 78.9 Å². The van der Waals surface area contributed by atoms with Gasteiger partial charge in [0.25, 0.3) is 0 Å². The van der Waals surface area contributed by atoms with E-state index in [9.17, 15) is 4.79 Å². The second-order valence-corrected chi connectivity index (χ2v) is 7.64. The number of hydrogen-bond donors (Lipinski definition) is 1. The van der Waals surface area contributed by atoms with E-state index in [2.05, 4.69) is 5.32 Å². The van der Waals surface area contributed by atoms with E-state index in [0.717, 1.165) is 28.1 Å². The van der Waals surface area contributed by atoms with Crippen molar-refractivity contribution in [2.45, 2.75) is 12.3 Å². The molecule has 0 saturated heterocycles. The molecule has 0 fully saturated rings. The van der Waals surface area contributed by atoms with Crippen molar-refractivity contribution in [3.63, 3.8) is 0 Å². The van der Waals surface area contributed by atoms with E-state index in [1.54, 1.807) is 14.2 Å². The zero-order chi connectivity index (χ0) is 22.1. The first kappa shape index (κ1) is 19.9. The van der Waals surface area contributed by atoms with Gasteiger partial charge in [0.05, 0.1) is 25.6 Å². The van der Waals surface area contributed by atoms with Crippen molar-refractivity contribution >= 4 is 11.7 Å². The standard InChI is InChI=1S/C26H23N3O3/c1-31-21-14-13-18(15-22(21)32-2)20-16-23(30)27-26-24(20)25(17-9-5-3-6-10-17)28-29(26)19-11-7-4-8-12-19/h3-15,20H,16H2,1-2H3,(H,27,30)/t20-/m0/s1. The molecular formula is C26H23N3O3. The molecule has 3 aromatic carbocycles. The molecule has 6 nitrogen and oxygen atoms in total. The predicted octanol–water partition coefficient (Wildman–Crippen LogP) is 5.03. The lowest BCUT2D eigenvalue weighted by Crippen LogP contribution is -2.25. The molecule has 1 atom stereocenters. The number of ether oxygens (including phenoxy) is 2. The second kappa shape index (κ2) is 8.23. The molecule has 2 heterocycles. The molecule has 0 unspecified atom stereocenters. The Morgan fingerprint density at radius 2 is 1.59 bits per heavy atom. The Labute approximate surface area is 186 Å². The Morgan fingerprint density at radius 3 is 2.28 bits per heavy atom. The van der Waals surface area contributed by atoms with Crippen LogP contribution in [0.4, 0.5) is 5.82 Å². The van der Waals surface area contributed by atoms with Crippen molar-refractivity contribution in [2.24, 2.45) is 0 Å². The highest BCUT2D eigenvalue weighted by atomic mass is 16.5. The molecule has 1 aliphatic rings. The van der Waals surface area contributed by atoms with Crippen molar-refractivity contribution in [1.82, 2.24) is 9.78 Å². The van der Waals surface area contributed by atoms with Crippen LogP contribution in [-0.2, 0) is 4.79 Å². The molecule has 0 radical (unpaired) electrons. The summed E-state index contributed by atoms with van der Waals surface area (Å²) in [5.41, 5.74) is 4.71. The fraction of sp³-hybridized carbons (Fsp3) is 0.154. The van der Waals surface area contributed by atoms with E-state index >= 15 is 0 Å². The minimum absolute atomic E-state index is 0.0472. The predicted molar refractivity (Wildman–Crippen MR) is 124 cm³/mol. The number of aromatic nitrogens is 2. The molecule has 0 aliphatic carbocycles. The number of carbonyl (C=O) groups excluding carboxylic acids is 1. The lowest BCUT2D eigenvalue weighted by atomic mass is 9.84. The minimum atomic E-state index is -0.175. The summed E-state index contributed by atoms with van der Waals surface area (Å²) < 4.78 is 12.8. The number of fused-ring (bicyclic) bond motifs is 1. The van der Waals surface area contributed by atoms with Crippen molar-refractivity contribution in [3.8, 4) is 28.4 Å². The molecule has 32 heavy (non-hydrogen) atoms. The number of carbonyl (C=O) groups is 1. The Hall–Kier alpha value is -4.06. The second-order valence-electron chi connectivity index (χ2n) is 7.64. The third kappa shape index (κ3) is 3.39. The first-order chi connectivity index (χ1) is 15.7. The molecule has 0 saturated carbocycles. The lowest BCUT2D eigenvalue weighted by molar-refractivity contribution is -0.116. The van der Waals surface area contributed by atoms with Crippen molar-refractivity contribution in [2.75, 3.05) is 19.5 Å². The number of rotatable bonds is 5. The Bertz CT molecular complexity index is 1270. The van der Waals surface area contributed by atoms with Crippen LogP contribution in [0, 0.1) is 0 Å². The summed E-state index contributed by atoms with van der Waals surface area (Å²) in [6, 6.07) is 25.7. The Balaban J connectivity index is 1.75. The van der Waals surface area contributed by atoms with Crippen molar-refractivity contribution < 1.29 is 14.3 Å². The number of amides is 1. The van der Waals surface area contributed by atoms with E-state index < -0.39 is 0 Å². The molecule has 1 N–H and O–H groups in total. The molecule has 1 aromatic heterocycles. The zero-order valence-electron chi connectivity index (χ0n) is 17.9. The van der Waals surface area contributed by atoms with Crippen molar-refractivity contribution in [3.05, 3.63) is 90.0 Å². The van der Waals surface area contributed by atoms with Crippen LogP contribution in [0.2, 0.25) is 0 Å². The molecule has 0 spiro atoms. The fourth-order valence-electron chi connectivity index (χ4n) is 4.27. The van der Waals surface area contributed by atoms with E-state index in [4.69, 9.17) is 14.6 Å². The van der Waals surface area contributed by atoms with Gasteiger partial charge in [-0.3, -0.25) is 4.79 Å². The molecule has 4 aromatic rings. The van der Waals surface area contributed by atoms with Crippen LogP contribution in [-0.4, -0.2) is 29.9 Å². The third-order valence-corrected chi connectivity index (χ3v) is 5.78. The molecule has 0 bridgehead atoms. The maximum Gasteiger partial charge on any atom is 0.226 e. The monoisotopic (exact) mass is 425 g/mol. The van der Waals surface area contributed by atoms with Gasteiger partial charge >= 0.3 is 0 Å². The molecule has 1 amide bonds. The SMILES string of the molecule is COc1ccc([C@@H]2CC(=O)Nc3c2c(-c2ccccc2)nn3-c2ccccc2)cc1OC. The smallest absolute Gasteiger partial charge is 0.226 e. The molecule has 6 heteroatoms. The largest absolute Gasteiger partial charge is 0.493 e. The summed E-state index contributed by atoms with van der Waals surface area (Å²) in [6.07, 6.45) is 0.322. The van der Waals surface area contributed by atoms with E-state index in [0.29, 0.717) is 23.7 Å². The maximum absolute atomic E-state index is 12.8. The minimum Gasteiger partial charge on any atom is -0.493 e. The zero-order valence-corrected chi connectivity index (χ0v) is 17.9. The maximum atomic E-state index is 12.8. The van der Waals surface area contributed by atoms with Gasteiger partial charge < -0.3 is 14.8 Å². The van der Waals surface area contributed by atoms with Gasteiger partial charge in [0.15, 0.2) is 11.5 Å². The average molecular weight is 425 g/mol. The van der Waals surface area contributed by atoms with Gasteiger partial charge in [-0.15, -0.1) is 0 Å². The summed E-state index contributed by atoms with van der Waals surface area (Å²) in [5, 5.41) is 8.04. The van der Waals surface area contributed by atoms with E-state index in [-0.39, 0.29) is 11.8 Å². The number of nitrogens with zero attached hydrogens (tertiary/aromatic N) is 2. The topological polar surface area (TPSA) is 65.4 Å². The van der Waals surface area contributed by atoms with Gasteiger partial charge in [-0.05, 0) is 29.8 Å². The summed E-state index contributed by atoms with van der Waals surface area (Å²) in [7, 11) is 3.23. The summed E-state index contributed by atoms with van der Waals surface area (Å²) in [5.74, 6) is 1.76. The number of anilines is 1. The van der Waals surface area contributed by atoms with Gasteiger partial charge in [-0.25, -0.2) is 4.68 Å². The van der Waals surface area contributed by atoms with E-state index in [1.165, 1.54) is 0 Å². The molecule has 1 aliphatic heterocycles. The van der Waals surface area contributed by atoms with Crippen LogP contribution >= 0.6 is 0 Å². The third-order valence-electron chi connectivity index (χ3n) is 5.78. The summed E-state index contributed by atoms with van der Waals surface area (Å²) in [6.45, 7) is 0. The number of benzene rings is 3. The van der Waals surface area contributed by atoms with Gasteiger partial charge in [0, 0.05) is 23.5 Å². The average Bonchev–Trinajstić information content (AvgIpc) is 3.23. The quantitative estimate of drug-likeness (QED) is 0.487. The highest BCUT2D eigenvalue weighted by molar-refractivity contribution is 5.96. The Kier molecular flexibility index (Phi) is 5.11. The van der Waals surface area contributed by atoms with Gasteiger partial charge in [0.1, 0.15) is 5.82 Å². The Morgan fingerprint density at radius 1 is 0.906 bits per heavy atom. The van der Waals surface area contributed by atoms with Crippen LogP contribution < -0.4 is 14.8 Å². The van der Waals surface area contributed by atoms with Gasteiger partial charge in [-0.1, -0.05) is 54.6 Å². The van der Waals surface area contributed by atoms with Crippen LogP contribution in [0.5, 0.6) is 11.5 Å². The number of nitrogens with one attached hydrogen (secondary N) is 1. The molecule has 5 rings (SSSR count). The summed E-state index contributed by atoms with van der Waals surface area (Å²) >= 11 is 0.